The fourth-order valence-electron chi connectivity index (χ4n) is 2.76. The zero-order chi connectivity index (χ0) is 19.9. The summed E-state index contributed by atoms with van der Waals surface area (Å²) in [5.41, 5.74) is 3.34. The lowest BCUT2D eigenvalue weighted by molar-refractivity contribution is -0.145. The van der Waals surface area contributed by atoms with E-state index in [9.17, 15) is 9.59 Å². The molecule has 28 heavy (non-hydrogen) atoms. The highest BCUT2D eigenvalue weighted by atomic mass is 16.5. The van der Waals surface area contributed by atoms with E-state index in [0.29, 0.717) is 11.6 Å². The molecule has 2 aromatic carbocycles. The van der Waals surface area contributed by atoms with Crippen molar-refractivity contribution >= 4 is 11.9 Å². The van der Waals surface area contributed by atoms with E-state index in [4.69, 9.17) is 9.15 Å². The topological polar surface area (TPSA) is 81.4 Å². The van der Waals surface area contributed by atoms with Crippen molar-refractivity contribution in [2.75, 3.05) is 0 Å². The minimum Gasteiger partial charge on any atom is -0.459 e. The average molecular weight is 378 g/mol. The third kappa shape index (κ3) is 5.30. The molecule has 3 aromatic rings. The Morgan fingerprint density at radius 3 is 2.50 bits per heavy atom. The normalized spacial score (nSPS) is 11.6. The van der Waals surface area contributed by atoms with Gasteiger partial charge in [-0.2, -0.15) is 0 Å². The minimum absolute atomic E-state index is 0.00978. The first-order valence-corrected chi connectivity index (χ1v) is 9.00. The van der Waals surface area contributed by atoms with Gasteiger partial charge in [0.15, 0.2) is 0 Å². The summed E-state index contributed by atoms with van der Waals surface area (Å²) in [4.78, 5) is 28.1. The summed E-state index contributed by atoms with van der Waals surface area (Å²) in [6.45, 7) is 3.41. The van der Waals surface area contributed by atoms with Crippen molar-refractivity contribution in [1.82, 2.24) is 10.3 Å². The first kappa shape index (κ1) is 19.4. The smallest absolute Gasteiger partial charge is 0.308 e. The van der Waals surface area contributed by atoms with E-state index in [2.05, 4.69) is 10.3 Å². The number of rotatable bonds is 7. The van der Waals surface area contributed by atoms with Gasteiger partial charge in [0.1, 0.15) is 18.6 Å². The number of benzene rings is 2. The maximum Gasteiger partial charge on any atom is 0.308 e. The quantitative estimate of drug-likeness (QED) is 0.629. The number of carbonyl (C=O) groups excluding carboxylic acids is 2. The summed E-state index contributed by atoms with van der Waals surface area (Å²) in [7, 11) is 0. The molecule has 0 aliphatic heterocycles. The Kier molecular flexibility index (Phi) is 6.22. The number of esters is 1. The minimum atomic E-state index is -0.442. The Morgan fingerprint density at radius 2 is 1.82 bits per heavy atom. The van der Waals surface area contributed by atoms with Gasteiger partial charge in [-0.3, -0.25) is 9.59 Å². The van der Waals surface area contributed by atoms with Gasteiger partial charge < -0.3 is 14.5 Å². The SMILES string of the molecule is CC(=O)NC(CC(=O)OCc1coc(-c2ccccc2)n1)c1ccc(C)cc1. The number of oxazole rings is 1. The molecule has 6 nitrogen and oxygen atoms in total. The molecule has 1 unspecified atom stereocenters. The van der Waals surface area contributed by atoms with Crippen LogP contribution in [0.4, 0.5) is 0 Å². The van der Waals surface area contributed by atoms with Crippen molar-refractivity contribution in [3.8, 4) is 11.5 Å². The maximum atomic E-state index is 12.3. The van der Waals surface area contributed by atoms with Crippen molar-refractivity contribution < 1.29 is 18.7 Å². The summed E-state index contributed by atoms with van der Waals surface area (Å²) < 4.78 is 10.8. The maximum absolute atomic E-state index is 12.3. The van der Waals surface area contributed by atoms with E-state index < -0.39 is 12.0 Å². The average Bonchev–Trinajstić information content (AvgIpc) is 3.16. The Labute approximate surface area is 163 Å². The van der Waals surface area contributed by atoms with Gasteiger partial charge in [0.25, 0.3) is 0 Å². The molecule has 0 fully saturated rings. The van der Waals surface area contributed by atoms with E-state index in [1.54, 1.807) is 0 Å². The molecule has 0 aliphatic carbocycles. The van der Waals surface area contributed by atoms with Crippen LogP contribution in [0.25, 0.3) is 11.5 Å². The molecule has 1 heterocycles. The monoisotopic (exact) mass is 378 g/mol. The van der Waals surface area contributed by atoms with Crippen LogP contribution in [0.2, 0.25) is 0 Å². The van der Waals surface area contributed by atoms with Crippen LogP contribution in [0.5, 0.6) is 0 Å². The molecular weight excluding hydrogens is 356 g/mol. The summed E-state index contributed by atoms with van der Waals surface area (Å²) in [6, 6.07) is 16.7. The first-order valence-electron chi connectivity index (χ1n) is 9.00. The molecule has 1 N–H and O–H groups in total. The van der Waals surface area contributed by atoms with Crippen molar-refractivity contribution in [3.63, 3.8) is 0 Å². The Balaban J connectivity index is 1.59. The van der Waals surface area contributed by atoms with Crippen LogP contribution >= 0.6 is 0 Å². The third-order valence-corrected chi connectivity index (χ3v) is 4.18. The van der Waals surface area contributed by atoms with Crippen molar-refractivity contribution in [2.45, 2.75) is 32.9 Å². The Hall–Kier alpha value is -3.41. The largest absolute Gasteiger partial charge is 0.459 e. The number of carbonyl (C=O) groups is 2. The van der Waals surface area contributed by atoms with E-state index in [1.165, 1.54) is 13.2 Å². The molecule has 1 atom stereocenters. The molecule has 0 aliphatic rings. The number of hydrogen-bond donors (Lipinski definition) is 1. The first-order chi connectivity index (χ1) is 13.5. The zero-order valence-corrected chi connectivity index (χ0v) is 15.8. The lowest BCUT2D eigenvalue weighted by atomic mass is 10.0. The van der Waals surface area contributed by atoms with Gasteiger partial charge in [-0.05, 0) is 24.6 Å². The number of aromatic nitrogens is 1. The van der Waals surface area contributed by atoms with Crippen LogP contribution in [0, 0.1) is 6.92 Å². The number of nitrogens with zero attached hydrogens (tertiary/aromatic N) is 1. The molecule has 144 valence electrons. The molecule has 1 amide bonds. The van der Waals surface area contributed by atoms with Crippen molar-refractivity contribution in [2.24, 2.45) is 0 Å². The lowest BCUT2D eigenvalue weighted by Gasteiger charge is -2.17. The zero-order valence-electron chi connectivity index (χ0n) is 15.8. The molecule has 0 saturated carbocycles. The molecule has 0 spiro atoms. The van der Waals surface area contributed by atoms with Gasteiger partial charge in [0.2, 0.25) is 11.8 Å². The van der Waals surface area contributed by atoms with Gasteiger partial charge in [-0.1, -0.05) is 48.0 Å². The highest BCUT2D eigenvalue weighted by Gasteiger charge is 2.18. The van der Waals surface area contributed by atoms with Gasteiger partial charge in [-0.25, -0.2) is 4.98 Å². The highest BCUT2D eigenvalue weighted by molar-refractivity contribution is 5.76. The molecule has 1 aromatic heterocycles. The van der Waals surface area contributed by atoms with Crippen LogP contribution in [-0.4, -0.2) is 16.9 Å². The molecule has 0 radical (unpaired) electrons. The summed E-state index contributed by atoms with van der Waals surface area (Å²) in [5.74, 6) is -0.159. The van der Waals surface area contributed by atoms with E-state index in [-0.39, 0.29) is 18.9 Å². The molecule has 0 bridgehead atoms. The summed E-state index contributed by atoms with van der Waals surface area (Å²) >= 11 is 0. The number of hydrogen-bond acceptors (Lipinski definition) is 5. The van der Waals surface area contributed by atoms with E-state index in [1.807, 2.05) is 61.5 Å². The number of amides is 1. The molecule has 3 rings (SSSR count). The number of ether oxygens (including phenoxy) is 1. The molecule has 6 heteroatoms. The number of nitrogens with one attached hydrogen (secondary N) is 1. The van der Waals surface area contributed by atoms with Gasteiger partial charge in [0, 0.05) is 12.5 Å². The highest BCUT2D eigenvalue weighted by Crippen LogP contribution is 2.20. The Bertz CT molecular complexity index is 933. The van der Waals surface area contributed by atoms with Crippen molar-refractivity contribution in [1.29, 1.82) is 0 Å². The lowest BCUT2D eigenvalue weighted by Crippen LogP contribution is -2.28. The van der Waals surface area contributed by atoms with Crippen LogP contribution < -0.4 is 5.32 Å². The van der Waals surface area contributed by atoms with Gasteiger partial charge in [0.05, 0.1) is 12.5 Å². The third-order valence-electron chi connectivity index (χ3n) is 4.18. The predicted molar refractivity (Wildman–Crippen MR) is 104 cm³/mol. The fourth-order valence-corrected chi connectivity index (χ4v) is 2.76. The van der Waals surface area contributed by atoms with Crippen molar-refractivity contribution in [3.05, 3.63) is 77.7 Å². The summed E-state index contributed by atoms with van der Waals surface area (Å²) in [5, 5.41) is 2.80. The molecule has 0 saturated heterocycles. The number of aryl methyl sites for hydroxylation is 1. The second-order valence-electron chi connectivity index (χ2n) is 6.54. The van der Waals surface area contributed by atoms with Crippen LogP contribution in [0.3, 0.4) is 0 Å². The fraction of sp³-hybridized carbons (Fsp3) is 0.227. The van der Waals surface area contributed by atoms with E-state index >= 15 is 0 Å². The van der Waals surface area contributed by atoms with Crippen LogP contribution in [0.1, 0.15) is 36.2 Å². The standard InChI is InChI=1S/C22H22N2O4/c1-15-8-10-17(11-9-15)20(23-16(2)25)12-21(26)27-13-19-14-28-22(24-19)18-6-4-3-5-7-18/h3-11,14,20H,12-13H2,1-2H3,(H,23,25). The predicted octanol–water partition coefficient (Wildman–Crippen LogP) is 3.96. The van der Waals surface area contributed by atoms with Crippen LogP contribution in [-0.2, 0) is 20.9 Å². The van der Waals surface area contributed by atoms with E-state index in [0.717, 1.165) is 16.7 Å². The summed E-state index contributed by atoms with van der Waals surface area (Å²) in [6.07, 6.45) is 1.51. The Morgan fingerprint density at radius 1 is 1.11 bits per heavy atom. The van der Waals surface area contributed by atoms with Crippen LogP contribution in [0.15, 0.2) is 65.3 Å². The molecular formula is C22H22N2O4. The second kappa shape index (κ2) is 8.99. The second-order valence-corrected chi connectivity index (χ2v) is 6.54. The van der Waals surface area contributed by atoms with Gasteiger partial charge >= 0.3 is 5.97 Å². The van der Waals surface area contributed by atoms with Gasteiger partial charge in [-0.15, -0.1) is 0 Å².